The molecule has 0 amide bonds. The van der Waals surface area contributed by atoms with Crippen LogP contribution in [0.4, 0.5) is 17.6 Å². The molecule has 0 fully saturated rings. The summed E-state index contributed by atoms with van der Waals surface area (Å²) in [5.41, 5.74) is 1.12. The fraction of sp³-hybridized carbons (Fsp3) is 0.107. The van der Waals surface area contributed by atoms with Gasteiger partial charge in [-0.2, -0.15) is 8.78 Å². The molecule has 0 atom stereocenters. The van der Waals surface area contributed by atoms with Gasteiger partial charge < -0.3 is 9.47 Å². The topological polar surface area (TPSA) is 47.6 Å². The van der Waals surface area contributed by atoms with E-state index in [0.29, 0.717) is 5.75 Å². The Labute approximate surface area is 205 Å². The number of rotatable bonds is 8. The Kier molecular flexibility index (Phi) is 7.36. The van der Waals surface area contributed by atoms with E-state index in [4.69, 9.17) is 9.47 Å². The number of hydrogen-bond donors (Lipinski definition) is 1. The first kappa shape index (κ1) is 24.9. The lowest BCUT2D eigenvalue weighted by Crippen LogP contribution is -2.47. The van der Waals surface area contributed by atoms with E-state index in [1.54, 1.807) is 19.2 Å². The number of hydrogen-bond acceptors (Lipinski definition) is 4. The smallest absolute Gasteiger partial charge is 0.325 e. The van der Waals surface area contributed by atoms with Crippen LogP contribution < -0.4 is 14.8 Å². The Morgan fingerprint density at radius 1 is 0.750 bits per heavy atom. The van der Waals surface area contributed by atoms with Gasteiger partial charge in [0, 0.05) is 6.07 Å². The maximum absolute atomic E-state index is 14.1. The quantitative estimate of drug-likeness (QED) is 0.111. The Bertz CT molecular complexity index is 1280. The van der Waals surface area contributed by atoms with Crippen LogP contribution >= 0.6 is 0 Å². The van der Waals surface area contributed by atoms with E-state index < -0.39 is 47.1 Å². The van der Waals surface area contributed by atoms with Gasteiger partial charge in [0.1, 0.15) is 5.75 Å². The van der Waals surface area contributed by atoms with E-state index in [2.05, 4.69) is 5.32 Å². The molecule has 4 rings (SSSR count). The van der Waals surface area contributed by atoms with Crippen molar-refractivity contribution < 1.29 is 31.8 Å². The SMILES string of the molecule is COc1ccc(C(NCC(=O)Oc2c(F)c(F)cc(F)c2F)(c2ccccc2)c2ccccc2)cc1. The summed E-state index contributed by atoms with van der Waals surface area (Å²) in [4.78, 5) is 12.7. The van der Waals surface area contributed by atoms with Gasteiger partial charge in [-0.15, -0.1) is 0 Å². The molecule has 4 aromatic rings. The molecule has 184 valence electrons. The standard InChI is InChI=1S/C28H21F4NO3/c1-35-21-14-12-20(13-15-21)28(18-8-4-2-5-9-18,19-10-6-3-7-11-19)33-17-24(34)36-27-25(31)22(29)16-23(30)26(27)32/h2-16,33H,17H2,1H3. The monoisotopic (exact) mass is 495 g/mol. The van der Waals surface area contributed by atoms with Crippen LogP contribution in [-0.2, 0) is 10.3 Å². The van der Waals surface area contributed by atoms with E-state index in [1.165, 1.54) is 0 Å². The van der Waals surface area contributed by atoms with E-state index >= 15 is 0 Å². The lowest BCUT2D eigenvalue weighted by molar-refractivity contribution is -0.134. The first-order valence-corrected chi connectivity index (χ1v) is 10.9. The molecule has 8 heteroatoms. The molecule has 0 saturated carbocycles. The molecule has 0 unspecified atom stereocenters. The first-order chi connectivity index (χ1) is 17.4. The van der Waals surface area contributed by atoms with Crippen LogP contribution in [0.15, 0.2) is 91.0 Å². The summed E-state index contributed by atoms with van der Waals surface area (Å²) in [6.07, 6.45) is 0. The summed E-state index contributed by atoms with van der Waals surface area (Å²) in [7, 11) is 1.54. The minimum atomic E-state index is -1.80. The zero-order valence-electron chi connectivity index (χ0n) is 19.1. The van der Waals surface area contributed by atoms with E-state index in [9.17, 15) is 22.4 Å². The van der Waals surface area contributed by atoms with Gasteiger partial charge in [0.15, 0.2) is 11.6 Å². The lowest BCUT2D eigenvalue weighted by atomic mass is 9.77. The van der Waals surface area contributed by atoms with Crippen LogP contribution in [0.1, 0.15) is 16.7 Å². The van der Waals surface area contributed by atoms with Crippen molar-refractivity contribution in [1.82, 2.24) is 5.32 Å². The highest BCUT2D eigenvalue weighted by molar-refractivity contribution is 5.75. The third-order valence-electron chi connectivity index (χ3n) is 5.72. The average molecular weight is 495 g/mol. The zero-order valence-corrected chi connectivity index (χ0v) is 19.1. The third kappa shape index (κ3) is 4.81. The van der Waals surface area contributed by atoms with Crippen molar-refractivity contribution in [3.05, 3.63) is 131 Å². The minimum Gasteiger partial charge on any atom is -0.497 e. The second-order valence-corrected chi connectivity index (χ2v) is 7.84. The number of methoxy groups -OCH3 is 1. The summed E-state index contributed by atoms with van der Waals surface area (Å²) in [5.74, 6) is -8.91. The van der Waals surface area contributed by atoms with E-state index in [0.717, 1.165) is 16.7 Å². The van der Waals surface area contributed by atoms with Gasteiger partial charge in [0.05, 0.1) is 19.2 Å². The minimum absolute atomic E-state index is 0.0414. The van der Waals surface area contributed by atoms with Gasteiger partial charge in [-0.3, -0.25) is 10.1 Å². The highest BCUT2D eigenvalue weighted by atomic mass is 19.2. The van der Waals surface area contributed by atoms with Crippen LogP contribution in [-0.4, -0.2) is 19.6 Å². The summed E-state index contributed by atoms with van der Waals surface area (Å²) < 4.78 is 65.2. The predicted molar refractivity (Wildman–Crippen MR) is 126 cm³/mol. The summed E-state index contributed by atoms with van der Waals surface area (Å²) in [6, 6.07) is 25.6. The first-order valence-electron chi connectivity index (χ1n) is 10.9. The molecule has 0 aliphatic rings. The molecule has 0 aliphatic heterocycles. The van der Waals surface area contributed by atoms with Crippen LogP contribution in [0, 0.1) is 23.3 Å². The molecule has 0 spiro atoms. The van der Waals surface area contributed by atoms with E-state index in [1.807, 2.05) is 72.8 Å². The maximum Gasteiger partial charge on any atom is 0.325 e. The molecular formula is C28H21F4NO3. The molecule has 1 N–H and O–H groups in total. The van der Waals surface area contributed by atoms with Gasteiger partial charge in [-0.05, 0) is 28.8 Å². The Morgan fingerprint density at radius 3 is 1.69 bits per heavy atom. The van der Waals surface area contributed by atoms with Crippen molar-refractivity contribution in [2.45, 2.75) is 5.54 Å². The second-order valence-electron chi connectivity index (χ2n) is 7.84. The van der Waals surface area contributed by atoms with Crippen molar-refractivity contribution in [3.8, 4) is 11.5 Å². The van der Waals surface area contributed by atoms with Crippen LogP contribution in [0.3, 0.4) is 0 Å². The second kappa shape index (κ2) is 10.6. The van der Waals surface area contributed by atoms with Gasteiger partial charge in [-0.25, -0.2) is 8.78 Å². The largest absolute Gasteiger partial charge is 0.497 e. The molecular weight excluding hydrogens is 474 g/mol. The maximum atomic E-state index is 14.1. The molecule has 4 aromatic carbocycles. The highest BCUT2D eigenvalue weighted by Crippen LogP contribution is 2.37. The average Bonchev–Trinajstić information content (AvgIpc) is 2.92. The fourth-order valence-corrected chi connectivity index (χ4v) is 4.02. The highest BCUT2D eigenvalue weighted by Gasteiger charge is 2.37. The molecule has 0 aliphatic carbocycles. The summed E-state index contributed by atoms with van der Waals surface area (Å²) >= 11 is 0. The number of carbonyl (C=O) groups is 1. The third-order valence-corrected chi connectivity index (χ3v) is 5.72. The molecule has 0 aromatic heterocycles. The summed E-state index contributed by atoms with van der Waals surface area (Å²) in [6.45, 7) is -0.563. The number of nitrogens with one attached hydrogen (secondary N) is 1. The van der Waals surface area contributed by atoms with Gasteiger partial charge in [0.25, 0.3) is 0 Å². The van der Waals surface area contributed by atoms with Gasteiger partial charge in [-0.1, -0.05) is 72.8 Å². The normalized spacial score (nSPS) is 11.2. The Hall–Kier alpha value is -4.17. The van der Waals surface area contributed by atoms with Crippen molar-refractivity contribution in [1.29, 1.82) is 0 Å². The number of benzene rings is 4. The zero-order chi connectivity index (χ0) is 25.7. The van der Waals surface area contributed by atoms with Crippen molar-refractivity contribution >= 4 is 5.97 Å². The molecule has 0 heterocycles. The van der Waals surface area contributed by atoms with Crippen LogP contribution in [0.2, 0.25) is 0 Å². The molecule has 0 radical (unpaired) electrons. The Balaban J connectivity index is 1.76. The lowest BCUT2D eigenvalue weighted by Gasteiger charge is -2.37. The number of ether oxygens (including phenoxy) is 2. The van der Waals surface area contributed by atoms with Crippen LogP contribution in [0.25, 0.3) is 0 Å². The van der Waals surface area contributed by atoms with Crippen molar-refractivity contribution in [2.75, 3.05) is 13.7 Å². The van der Waals surface area contributed by atoms with Gasteiger partial charge in [0.2, 0.25) is 17.4 Å². The van der Waals surface area contributed by atoms with E-state index in [-0.39, 0.29) is 6.07 Å². The van der Waals surface area contributed by atoms with Gasteiger partial charge >= 0.3 is 5.97 Å². The molecule has 36 heavy (non-hydrogen) atoms. The molecule has 0 saturated heterocycles. The number of esters is 1. The molecule has 0 bridgehead atoms. The summed E-state index contributed by atoms with van der Waals surface area (Å²) in [5, 5.41) is 3.16. The molecule has 4 nitrogen and oxygen atoms in total. The number of halogens is 4. The predicted octanol–water partition coefficient (Wildman–Crippen LogP) is 5.74. The fourth-order valence-electron chi connectivity index (χ4n) is 4.02. The van der Waals surface area contributed by atoms with Crippen molar-refractivity contribution in [3.63, 3.8) is 0 Å². The Morgan fingerprint density at radius 2 is 1.22 bits per heavy atom. The number of carbonyl (C=O) groups excluding carboxylic acids is 1. The van der Waals surface area contributed by atoms with Crippen molar-refractivity contribution in [2.24, 2.45) is 0 Å². The van der Waals surface area contributed by atoms with Crippen LogP contribution in [0.5, 0.6) is 11.5 Å².